The van der Waals surface area contributed by atoms with E-state index in [1.807, 2.05) is 18.2 Å². The van der Waals surface area contributed by atoms with Crippen molar-refractivity contribution in [3.05, 3.63) is 35.9 Å². The van der Waals surface area contributed by atoms with E-state index in [-0.39, 0.29) is 6.09 Å². The zero-order valence-electron chi connectivity index (χ0n) is 8.91. The van der Waals surface area contributed by atoms with Crippen LogP contribution < -0.4 is 5.32 Å². The fourth-order valence-electron chi connectivity index (χ4n) is 0.738. The van der Waals surface area contributed by atoms with E-state index in [2.05, 4.69) is 29.1 Å². The third kappa shape index (κ3) is 7.16. The van der Waals surface area contributed by atoms with Crippen molar-refractivity contribution in [1.29, 1.82) is 0 Å². The summed E-state index contributed by atoms with van der Waals surface area (Å²) >= 11 is 0. The Hall–Kier alpha value is -1.51. The lowest BCUT2D eigenvalue weighted by molar-refractivity contribution is 0.154. The summed E-state index contributed by atoms with van der Waals surface area (Å²) in [5.74, 6) is 0. The Balaban J connectivity index is 0.000000241. The minimum Gasteiger partial charge on any atom is -0.450 e. The maximum Gasteiger partial charge on any atom is 0.406 e. The minimum absolute atomic E-state index is 0.373. The maximum atomic E-state index is 10.1. The Labute approximate surface area is 85.1 Å². The lowest BCUT2D eigenvalue weighted by atomic mass is 10.2. The highest BCUT2D eigenvalue weighted by Crippen LogP contribution is 1.92. The molecule has 0 fully saturated rings. The van der Waals surface area contributed by atoms with Crippen LogP contribution >= 0.6 is 0 Å². The normalized spacial score (nSPS) is 8.21. The second-order valence-electron chi connectivity index (χ2n) is 2.63. The largest absolute Gasteiger partial charge is 0.450 e. The summed E-state index contributed by atoms with van der Waals surface area (Å²) in [6.07, 6.45) is -0.373. The molecule has 1 aromatic carbocycles. The molecule has 1 aromatic rings. The summed E-state index contributed by atoms with van der Waals surface area (Å²) in [6.45, 7) is 4.27. The minimum atomic E-state index is -0.373. The Morgan fingerprint density at radius 2 is 1.93 bits per heavy atom. The smallest absolute Gasteiger partial charge is 0.406 e. The molecule has 1 rings (SSSR count). The molecule has 0 aliphatic carbocycles. The molecule has 3 nitrogen and oxygen atoms in total. The predicted molar refractivity (Wildman–Crippen MR) is 57.3 cm³/mol. The third-order valence-electron chi connectivity index (χ3n) is 1.42. The van der Waals surface area contributed by atoms with E-state index >= 15 is 0 Å². The highest BCUT2D eigenvalue weighted by atomic mass is 16.5. The van der Waals surface area contributed by atoms with Crippen LogP contribution in [0.25, 0.3) is 0 Å². The van der Waals surface area contributed by atoms with Gasteiger partial charge in [0.25, 0.3) is 0 Å². The summed E-state index contributed by atoms with van der Waals surface area (Å²) in [5, 5.41) is 2.30. The van der Waals surface area contributed by atoms with E-state index in [0.29, 0.717) is 6.61 Å². The average molecular weight is 195 g/mol. The standard InChI is InChI=1S/C7H8.C4H9NO2/c1-7-5-3-2-4-6-7;1-3-7-4(6)5-2/h2-6H,1H3;3H2,1-2H3,(H,5,6). The Morgan fingerprint density at radius 1 is 1.36 bits per heavy atom. The van der Waals surface area contributed by atoms with Gasteiger partial charge in [-0.1, -0.05) is 35.9 Å². The molecule has 0 unspecified atom stereocenters. The van der Waals surface area contributed by atoms with Crippen LogP contribution in [0.15, 0.2) is 30.3 Å². The molecule has 0 bridgehead atoms. The summed E-state index contributed by atoms with van der Waals surface area (Å²) in [6, 6.07) is 10.3. The van der Waals surface area contributed by atoms with Gasteiger partial charge in [0.15, 0.2) is 0 Å². The molecule has 0 saturated carbocycles. The number of nitrogens with one attached hydrogen (secondary N) is 1. The van der Waals surface area contributed by atoms with Crippen LogP contribution in [-0.2, 0) is 4.74 Å². The lowest BCUT2D eigenvalue weighted by Crippen LogP contribution is -2.18. The van der Waals surface area contributed by atoms with Gasteiger partial charge in [0.2, 0.25) is 0 Å². The summed E-state index contributed by atoms with van der Waals surface area (Å²) in [7, 11) is 1.53. The van der Waals surface area contributed by atoms with Gasteiger partial charge in [0.1, 0.15) is 0 Å². The first-order valence-electron chi connectivity index (χ1n) is 4.56. The zero-order valence-corrected chi connectivity index (χ0v) is 8.91. The Morgan fingerprint density at radius 3 is 2.14 bits per heavy atom. The van der Waals surface area contributed by atoms with Crippen molar-refractivity contribution in [1.82, 2.24) is 5.32 Å². The van der Waals surface area contributed by atoms with Crippen LogP contribution in [0.5, 0.6) is 0 Å². The van der Waals surface area contributed by atoms with Gasteiger partial charge < -0.3 is 10.1 Å². The van der Waals surface area contributed by atoms with E-state index in [1.165, 1.54) is 12.6 Å². The van der Waals surface area contributed by atoms with E-state index in [1.54, 1.807) is 6.92 Å². The van der Waals surface area contributed by atoms with Crippen LogP contribution in [0.4, 0.5) is 4.79 Å². The van der Waals surface area contributed by atoms with E-state index in [9.17, 15) is 4.79 Å². The summed E-state index contributed by atoms with van der Waals surface area (Å²) in [4.78, 5) is 10.1. The van der Waals surface area contributed by atoms with Crippen molar-refractivity contribution in [2.45, 2.75) is 13.8 Å². The number of amides is 1. The molecule has 0 aliphatic rings. The van der Waals surface area contributed by atoms with Gasteiger partial charge in [-0.3, -0.25) is 0 Å². The molecule has 0 radical (unpaired) electrons. The quantitative estimate of drug-likeness (QED) is 0.747. The number of alkyl carbamates (subject to hydrolysis) is 1. The van der Waals surface area contributed by atoms with Gasteiger partial charge in [0, 0.05) is 7.05 Å². The molecular formula is C11H17NO2. The van der Waals surface area contributed by atoms with E-state index < -0.39 is 0 Å². The summed E-state index contributed by atoms with van der Waals surface area (Å²) < 4.78 is 4.44. The molecule has 0 spiro atoms. The molecule has 78 valence electrons. The molecule has 0 atom stereocenters. The van der Waals surface area contributed by atoms with Crippen molar-refractivity contribution < 1.29 is 9.53 Å². The molecule has 0 heterocycles. The van der Waals surface area contributed by atoms with Gasteiger partial charge in [0.05, 0.1) is 6.61 Å². The van der Waals surface area contributed by atoms with E-state index in [0.717, 1.165) is 0 Å². The van der Waals surface area contributed by atoms with Crippen LogP contribution in [0, 0.1) is 6.92 Å². The van der Waals surface area contributed by atoms with Crippen LogP contribution in [-0.4, -0.2) is 19.7 Å². The molecule has 0 aliphatic heterocycles. The van der Waals surface area contributed by atoms with Crippen molar-refractivity contribution in [2.75, 3.05) is 13.7 Å². The summed E-state index contributed by atoms with van der Waals surface area (Å²) in [5.41, 5.74) is 1.32. The molecule has 1 amide bonds. The van der Waals surface area contributed by atoms with Gasteiger partial charge in [-0.15, -0.1) is 0 Å². The zero-order chi connectivity index (χ0) is 10.8. The molecular weight excluding hydrogens is 178 g/mol. The van der Waals surface area contributed by atoms with Crippen molar-refractivity contribution in [3.8, 4) is 0 Å². The highest BCUT2D eigenvalue weighted by Gasteiger charge is 1.89. The molecule has 0 saturated heterocycles. The van der Waals surface area contributed by atoms with Gasteiger partial charge in [-0.2, -0.15) is 0 Å². The molecule has 0 aromatic heterocycles. The van der Waals surface area contributed by atoms with Crippen LogP contribution in [0.1, 0.15) is 12.5 Å². The average Bonchev–Trinajstić information content (AvgIpc) is 2.20. The number of ether oxygens (including phenoxy) is 1. The predicted octanol–water partition coefficient (Wildman–Crippen LogP) is 2.36. The topological polar surface area (TPSA) is 38.3 Å². The first-order chi connectivity index (χ1) is 6.70. The van der Waals surface area contributed by atoms with Crippen LogP contribution in [0.3, 0.4) is 0 Å². The van der Waals surface area contributed by atoms with Gasteiger partial charge >= 0.3 is 6.09 Å². The second-order valence-corrected chi connectivity index (χ2v) is 2.63. The first kappa shape index (κ1) is 12.5. The first-order valence-corrected chi connectivity index (χ1v) is 4.56. The SMILES string of the molecule is CCOC(=O)NC.Cc1ccccc1. The number of hydrogen-bond donors (Lipinski definition) is 1. The Bertz CT molecular complexity index is 247. The number of carbonyl (C=O) groups excluding carboxylic acids is 1. The second kappa shape index (κ2) is 8.10. The molecule has 3 heteroatoms. The number of carbonyl (C=O) groups is 1. The van der Waals surface area contributed by atoms with Crippen molar-refractivity contribution in [3.63, 3.8) is 0 Å². The fraction of sp³-hybridized carbons (Fsp3) is 0.364. The fourth-order valence-corrected chi connectivity index (χ4v) is 0.738. The van der Waals surface area contributed by atoms with Crippen LogP contribution in [0.2, 0.25) is 0 Å². The monoisotopic (exact) mass is 195 g/mol. The van der Waals surface area contributed by atoms with Crippen molar-refractivity contribution >= 4 is 6.09 Å². The third-order valence-corrected chi connectivity index (χ3v) is 1.42. The van der Waals surface area contributed by atoms with Gasteiger partial charge in [-0.05, 0) is 13.8 Å². The molecule has 1 N–H and O–H groups in total. The van der Waals surface area contributed by atoms with Gasteiger partial charge in [-0.25, -0.2) is 4.79 Å². The van der Waals surface area contributed by atoms with E-state index in [4.69, 9.17) is 0 Å². The number of hydrogen-bond acceptors (Lipinski definition) is 2. The molecule has 14 heavy (non-hydrogen) atoms. The van der Waals surface area contributed by atoms with Crippen molar-refractivity contribution in [2.24, 2.45) is 0 Å². The maximum absolute atomic E-state index is 10.1. The number of aryl methyl sites for hydroxylation is 1. The number of benzene rings is 1. The Kier molecular flexibility index (Phi) is 7.23. The highest BCUT2D eigenvalue weighted by molar-refractivity contribution is 5.66. The number of rotatable bonds is 1. The lowest BCUT2D eigenvalue weighted by Gasteiger charge is -1.95.